The Morgan fingerprint density at radius 2 is 1.95 bits per heavy atom. The zero-order chi connectivity index (χ0) is 13.7. The fraction of sp³-hybridized carbons (Fsp3) is 0.375. The van der Waals surface area contributed by atoms with Gasteiger partial charge in [0.15, 0.2) is 0 Å². The second-order valence-electron chi connectivity index (χ2n) is 5.24. The Hall–Kier alpha value is -1.61. The summed E-state index contributed by atoms with van der Waals surface area (Å²) in [5, 5.41) is 3.41. The maximum atomic E-state index is 13.6. The Labute approximate surface area is 114 Å². The highest BCUT2D eigenvalue weighted by Crippen LogP contribution is 2.11. The van der Waals surface area contributed by atoms with Crippen molar-refractivity contribution >= 4 is 0 Å². The number of rotatable bonds is 6. The molecule has 0 saturated carbocycles. The third-order valence-corrected chi connectivity index (χ3v) is 3.08. The van der Waals surface area contributed by atoms with Crippen LogP contribution in [0.15, 0.2) is 42.6 Å². The molecule has 2 aromatic rings. The van der Waals surface area contributed by atoms with Crippen molar-refractivity contribution in [2.75, 3.05) is 6.54 Å². The van der Waals surface area contributed by atoms with Crippen LogP contribution >= 0.6 is 0 Å². The van der Waals surface area contributed by atoms with Gasteiger partial charge in [0.1, 0.15) is 5.82 Å². The summed E-state index contributed by atoms with van der Waals surface area (Å²) in [6.45, 7) is 6.76. The van der Waals surface area contributed by atoms with E-state index in [-0.39, 0.29) is 5.82 Å². The van der Waals surface area contributed by atoms with Gasteiger partial charge in [0.2, 0.25) is 0 Å². The number of hydrogen-bond acceptors (Lipinski definition) is 1. The molecule has 0 bridgehead atoms. The zero-order valence-corrected chi connectivity index (χ0v) is 11.6. The van der Waals surface area contributed by atoms with E-state index in [1.807, 2.05) is 24.4 Å². The molecular formula is C16H21FN2. The average Bonchev–Trinajstić information content (AvgIpc) is 2.79. The Morgan fingerprint density at radius 3 is 2.68 bits per heavy atom. The summed E-state index contributed by atoms with van der Waals surface area (Å²) >= 11 is 0. The normalized spacial score (nSPS) is 11.2. The molecule has 3 heteroatoms. The molecule has 0 aliphatic carbocycles. The van der Waals surface area contributed by atoms with E-state index in [2.05, 4.69) is 29.8 Å². The van der Waals surface area contributed by atoms with E-state index in [1.54, 1.807) is 6.07 Å². The minimum atomic E-state index is -0.141. The van der Waals surface area contributed by atoms with Gasteiger partial charge in [0.05, 0.1) is 6.54 Å². The van der Waals surface area contributed by atoms with Gasteiger partial charge in [-0.1, -0.05) is 32.0 Å². The molecule has 0 aliphatic rings. The van der Waals surface area contributed by atoms with E-state index in [9.17, 15) is 4.39 Å². The lowest BCUT2D eigenvalue weighted by atomic mass is 10.2. The molecule has 0 amide bonds. The quantitative estimate of drug-likeness (QED) is 0.842. The number of nitrogens with one attached hydrogen (secondary N) is 1. The predicted octanol–water partition coefficient (Wildman–Crippen LogP) is 3.42. The molecule has 1 aromatic carbocycles. The Morgan fingerprint density at radius 1 is 1.16 bits per heavy atom. The lowest BCUT2D eigenvalue weighted by molar-refractivity contribution is 0.536. The SMILES string of the molecule is CC(C)CNCc1cccn1Cc1ccccc1F. The highest BCUT2D eigenvalue weighted by Gasteiger charge is 2.05. The topological polar surface area (TPSA) is 17.0 Å². The first-order valence-electron chi connectivity index (χ1n) is 6.75. The van der Waals surface area contributed by atoms with Gasteiger partial charge >= 0.3 is 0 Å². The smallest absolute Gasteiger partial charge is 0.128 e. The van der Waals surface area contributed by atoms with E-state index in [0.29, 0.717) is 12.5 Å². The van der Waals surface area contributed by atoms with Crippen LogP contribution in [0.25, 0.3) is 0 Å². The third kappa shape index (κ3) is 3.93. The summed E-state index contributed by atoms with van der Waals surface area (Å²) in [5.74, 6) is 0.493. The Bertz CT molecular complexity index is 517. The van der Waals surface area contributed by atoms with Gasteiger partial charge in [0, 0.05) is 24.0 Å². The summed E-state index contributed by atoms with van der Waals surface area (Å²) in [7, 11) is 0. The van der Waals surface area contributed by atoms with Crippen LogP contribution < -0.4 is 5.32 Å². The molecule has 0 radical (unpaired) electrons. The lowest BCUT2D eigenvalue weighted by Crippen LogP contribution is -2.21. The number of hydrogen-bond donors (Lipinski definition) is 1. The maximum absolute atomic E-state index is 13.6. The molecule has 19 heavy (non-hydrogen) atoms. The molecule has 0 spiro atoms. The van der Waals surface area contributed by atoms with Crippen LogP contribution in [0.2, 0.25) is 0 Å². The van der Waals surface area contributed by atoms with Crippen molar-refractivity contribution in [3.8, 4) is 0 Å². The molecule has 102 valence electrons. The van der Waals surface area contributed by atoms with Crippen LogP contribution in [0, 0.1) is 11.7 Å². The van der Waals surface area contributed by atoms with Gasteiger partial charge in [-0.3, -0.25) is 0 Å². The van der Waals surface area contributed by atoms with E-state index >= 15 is 0 Å². The third-order valence-electron chi connectivity index (χ3n) is 3.08. The first-order chi connectivity index (χ1) is 9.16. The van der Waals surface area contributed by atoms with Crippen molar-refractivity contribution in [1.82, 2.24) is 9.88 Å². The van der Waals surface area contributed by atoms with Crippen molar-refractivity contribution < 1.29 is 4.39 Å². The average molecular weight is 260 g/mol. The largest absolute Gasteiger partial charge is 0.346 e. The molecule has 0 aliphatic heterocycles. The summed E-state index contributed by atoms with van der Waals surface area (Å²) in [4.78, 5) is 0. The number of nitrogens with zero attached hydrogens (tertiary/aromatic N) is 1. The second-order valence-corrected chi connectivity index (χ2v) is 5.24. The summed E-state index contributed by atoms with van der Waals surface area (Å²) in [5.41, 5.74) is 1.91. The van der Waals surface area contributed by atoms with Crippen molar-refractivity contribution in [2.24, 2.45) is 5.92 Å². The van der Waals surface area contributed by atoms with Crippen LogP contribution in [0.3, 0.4) is 0 Å². The van der Waals surface area contributed by atoms with Gasteiger partial charge in [-0.2, -0.15) is 0 Å². The molecule has 0 unspecified atom stereocenters. The maximum Gasteiger partial charge on any atom is 0.128 e. The molecule has 2 nitrogen and oxygen atoms in total. The van der Waals surface area contributed by atoms with E-state index in [0.717, 1.165) is 18.7 Å². The molecular weight excluding hydrogens is 239 g/mol. The van der Waals surface area contributed by atoms with Crippen molar-refractivity contribution in [1.29, 1.82) is 0 Å². The van der Waals surface area contributed by atoms with Crippen molar-refractivity contribution in [3.63, 3.8) is 0 Å². The van der Waals surface area contributed by atoms with E-state index < -0.39 is 0 Å². The van der Waals surface area contributed by atoms with Crippen LogP contribution in [-0.2, 0) is 13.1 Å². The van der Waals surface area contributed by atoms with Gasteiger partial charge in [-0.05, 0) is 30.7 Å². The van der Waals surface area contributed by atoms with Crippen LogP contribution in [0.1, 0.15) is 25.1 Å². The van der Waals surface area contributed by atoms with Crippen LogP contribution in [-0.4, -0.2) is 11.1 Å². The summed E-state index contributed by atoms with van der Waals surface area (Å²) in [6, 6.07) is 11.0. The monoisotopic (exact) mass is 260 g/mol. The molecule has 0 fully saturated rings. The van der Waals surface area contributed by atoms with Crippen LogP contribution in [0.4, 0.5) is 4.39 Å². The first-order valence-corrected chi connectivity index (χ1v) is 6.75. The number of benzene rings is 1. The van der Waals surface area contributed by atoms with Crippen molar-refractivity contribution in [3.05, 3.63) is 59.7 Å². The van der Waals surface area contributed by atoms with Gasteiger partial charge in [-0.25, -0.2) is 4.39 Å². The Kier molecular flexibility index (Phi) is 4.74. The molecule has 2 rings (SSSR count). The number of halogens is 1. The fourth-order valence-electron chi connectivity index (χ4n) is 2.06. The fourth-order valence-corrected chi connectivity index (χ4v) is 2.06. The molecule has 0 saturated heterocycles. The highest BCUT2D eigenvalue weighted by molar-refractivity contribution is 5.19. The van der Waals surface area contributed by atoms with E-state index in [1.165, 1.54) is 11.8 Å². The van der Waals surface area contributed by atoms with Crippen molar-refractivity contribution in [2.45, 2.75) is 26.9 Å². The first kappa shape index (κ1) is 13.8. The minimum absolute atomic E-state index is 0.141. The highest BCUT2D eigenvalue weighted by atomic mass is 19.1. The lowest BCUT2D eigenvalue weighted by Gasteiger charge is -2.12. The van der Waals surface area contributed by atoms with E-state index in [4.69, 9.17) is 0 Å². The Balaban J connectivity index is 2.01. The molecule has 1 N–H and O–H groups in total. The molecule has 1 aromatic heterocycles. The summed E-state index contributed by atoms with van der Waals surface area (Å²) < 4.78 is 15.7. The van der Waals surface area contributed by atoms with Gasteiger partial charge in [0.25, 0.3) is 0 Å². The predicted molar refractivity (Wildman–Crippen MR) is 76.5 cm³/mol. The number of aromatic nitrogens is 1. The molecule has 1 heterocycles. The van der Waals surface area contributed by atoms with Crippen LogP contribution in [0.5, 0.6) is 0 Å². The second kappa shape index (κ2) is 6.53. The standard InChI is InChI=1S/C16H21FN2/c1-13(2)10-18-11-15-7-5-9-19(15)12-14-6-3-4-8-16(14)17/h3-9,13,18H,10-12H2,1-2H3. The zero-order valence-electron chi connectivity index (χ0n) is 11.6. The summed E-state index contributed by atoms with van der Waals surface area (Å²) in [6.07, 6.45) is 2.00. The molecule has 0 atom stereocenters. The van der Waals surface area contributed by atoms with Gasteiger partial charge < -0.3 is 9.88 Å². The van der Waals surface area contributed by atoms with Gasteiger partial charge in [-0.15, -0.1) is 0 Å². The minimum Gasteiger partial charge on any atom is -0.346 e.